The number of hydrogen-bond donors (Lipinski definition) is 2. The molecule has 0 aliphatic carbocycles. The van der Waals surface area contributed by atoms with Crippen molar-refractivity contribution in [3.63, 3.8) is 0 Å². The van der Waals surface area contributed by atoms with Crippen LogP contribution in [0, 0.1) is 10.1 Å². The summed E-state index contributed by atoms with van der Waals surface area (Å²) in [4.78, 5) is 24.2. The molecule has 1 rings (SSSR count). The van der Waals surface area contributed by atoms with Crippen molar-refractivity contribution in [2.24, 2.45) is 0 Å². The van der Waals surface area contributed by atoms with E-state index in [0.717, 1.165) is 0 Å². The number of nitro groups is 1. The zero-order chi connectivity index (χ0) is 16.4. The third kappa shape index (κ3) is 3.43. The molecule has 1 aromatic carbocycles. The predicted molar refractivity (Wildman–Crippen MR) is 80.9 cm³/mol. The number of anilines is 1. The Kier molecular flexibility index (Phi) is 5.14. The Labute approximate surface area is 127 Å². The van der Waals surface area contributed by atoms with Gasteiger partial charge in [0.25, 0.3) is 11.6 Å². The Hall–Kier alpha value is -1.86. The molecule has 0 radical (unpaired) electrons. The summed E-state index contributed by atoms with van der Waals surface area (Å²) in [6.07, 6.45) is 0. The molecular weight excluding hydrogens is 298 g/mol. The Bertz CT molecular complexity index is 575. The van der Waals surface area contributed by atoms with Gasteiger partial charge in [-0.2, -0.15) is 0 Å². The lowest BCUT2D eigenvalue weighted by atomic mass is 10.0. The highest BCUT2D eigenvalue weighted by atomic mass is 35.5. The van der Waals surface area contributed by atoms with Crippen LogP contribution in [0.2, 0.25) is 5.02 Å². The molecule has 0 unspecified atom stereocenters. The van der Waals surface area contributed by atoms with Crippen molar-refractivity contribution in [2.75, 3.05) is 26.0 Å². The van der Waals surface area contributed by atoms with Gasteiger partial charge in [0.05, 0.1) is 22.1 Å². The first kappa shape index (κ1) is 17.2. The fraction of sp³-hybridized carbons (Fsp3) is 0.462. The average molecular weight is 316 g/mol. The minimum absolute atomic E-state index is 0.0882. The predicted octanol–water partition coefficient (Wildman–Crippen LogP) is 2.13. The van der Waals surface area contributed by atoms with E-state index in [4.69, 9.17) is 11.6 Å². The molecule has 0 spiro atoms. The quantitative estimate of drug-likeness (QED) is 0.641. The molecule has 0 aliphatic heterocycles. The molecule has 1 aromatic rings. The van der Waals surface area contributed by atoms with E-state index in [2.05, 4.69) is 5.32 Å². The van der Waals surface area contributed by atoms with Crippen LogP contribution in [0.4, 0.5) is 11.4 Å². The molecule has 0 aromatic heterocycles. The number of nitrogens with one attached hydrogen (secondary N) is 1. The van der Waals surface area contributed by atoms with Gasteiger partial charge >= 0.3 is 0 Å². The number of aliphatic hydroxyl groups excluding tert-OH is 1. The number of nitro benzene ring substituents is 1. The summed E-state index contributed by atoms with van der Waals surface area (Å²) in [6, 6.07) is 2.54. The Morgan fingerprint density at radius 1 is 1.52 bits per heavy atom. The molecule has 1 amide bonds. The van der Waals surface area contributed by atoms with E-state index in [-0.39, 0.29) is 28.6 Å². The van der Waals surface area contributed by atoms with Gasteiger partial charge in [-0.3, -0.25) is 14.9 Å². The van der Waals surface area contributed by atoms with E-state index in [0.29, 0.717) is 0 Å². The van der Waals surface area contributed by atoms with Crippen LogP contribution in [0.15, 0.2) is 12.1 Å². The lowest BCUT2D eigenvalue weighted by Crippen LogP contribution is -2.47. The molecular formula is C13H18ClN3O4. The molecule has 7 nitrogen and oxygen atoms in total. The largest absolute Gasteiger partial charge is 0.394 e. The van der Waals surface area contributed by atoms with E-state index < -0.39 is 16.4 Å². The summed E-state index contributed by atoms with van der Waals surface area (Å²) in [5, 5.41) is 23.1. The number of amides is 1. The number of rotatable bonds is 5. The molecule has 0 aliphatic rings. The van der Waals surface area contributed by atoms with Crippen molar-refractivity contribution in [3.05, 3.63) is 32.8 Å². The first-order valence-electron chi connectivity index (χ1n) is 6.20. The van der Waals surface area contributed by atoms with Gasteiger partial charge in [-0.05, 0) is 19.9 Å². The summed E-state index contributed by atoms with van der Waals surface area (Å²) in [5.74, 6) is -0.457. The van der Waals surface area contributed by atoms with E-state index in [9.17, 15) is 20.0 Å². The van der Waals surface area contributed by atoms with Gasteiger partial charge in [-0.25, -0.2) is 0 Å². The SMILES string of the molecule is CNc1c(Cl)cc(C(=O)N(C)C(C)(C)CO)cc1[N+](=O)[O-]. The van der Waals surface area contributed by atoms with E-state index in [1.807, 2.05) is 0 Å². The maximum Gasteiger partial charge on any atom is 0.294 e. The lowest BCUT2D eigenvalue weighted by Gasteiger charge is -2.34. The van der Waals surface area contributed by atoms with Gasteiger partial charge in [0.15, 0.2) is 0 Å². The van der Waals surface area contributed by atoms with E-state index in [1.54, 1.807) is 13.8 Å². The fourth-order valence-corrected chi connectivity index (χ4v) is 1.99. The van der Waals surface area contributed by atoms with Gasteiger partial charge in [-0.15, -0.1) is 0 Å². The number of halogens is 1. The summed E-state index contributed by atoms with van der Waals surface area (Å²) >= 11 is 5.99. The number of carbonyl (C=O) groups excluding carboxylic acids is 1. The topological polar surface area (TPSA) is 95.7 Å². The number of likely N-dealkylation sites (N-methyl/N-ethyl adjacent to an activating group) is 1. The van der Waals surface area contributed by atoms with Crippen LogP contribution in [0.3, 0.4) is 0 Å². The number of nitrogens with zero attached hydrogens (tertiary/aromatic N) is 2. The minimum Gasteiger partial charge on any atom is -0.394 e. The van der Waals surface area contributed by atoms with Crippen LogP contribution in [0.5, 0.6) is 0 Å². The second kappa shape index (κ2) is 6.28. The number of aliphatic hydroxyl groups is 1. The Morgan fingerprint density at radius 2 is 2.10 bits per heavy atom. The van der Waals surface area contributed by atoms with Crippen molar-refractivity contribution >= 4 is 28.9 Å². The maximum absolute atomic E-state index is 12.4. The zero-order valence-corrected chi connectivity index (χ0v) is 13.1. The van der Waals surface area contributed by atoms with E-state index >= 15 is 0 Å². The smallest absolute Gasteiger partial charge is 0.294 e. The van der Waals surface area contributed by atoms with Gasteiger partial charge < -0.3 is 15.3 Å². The monoisotopic (exact) mass is 315 g/mol. The van der Waals surface area contributed by atoms with Crippen LogP contribution in [0.25, 0.3) is 0 Å². The van der Waals surface area contributed by atoms with Crippen molar-refractivity contribution in [3.8, 4) is 0 Å². The van der Waals surface area contributed by atoms with Crippen LogP contribution in [0.1, 0.15) is 24.2 Å². The van der Waals surface area contributed by atoms with Crippen molar-refractivity contribution < 1.29 is 14.8 Å². The van der Waals surface area contributed by atoms with Crippen LogP contribution < -0.4 is 5.32 Å². The summed E-state index contributed by atoms with van der Waals surface area (Å²) in [6.45, 7) is 3.13. The third-order valence-electron chi connectivity index (χ3n) is 3.36. The molecule has 116 valence electrons. The fourth-order valence-electron chi connectivity index (χ4n) is 1.68. The molecule has 0 bridgehead atoms. The van der Waals surface area contributed by atoms with Gasteiger partial charge in [-0.1, -0.05) is 11.6 Å². The number of benzene rings is 1. The standard InChI is InChI=1S/C13H18ClN3O4/c1-13(2,7-18)16(4)12(19)8-5-9(14)11(15-3)10(6-8)17(20)21/h5-6,15,18H,7H2,1-4H3. The number of hydrogen-bond acceptors (Lipinski definition) is 5. The molecule has 8 heteroatoms. The average Bonchev–Trinajstić information content (AvgIpc) is 2.44. The Morgan fingerprint density at radius 3 is 2.52 bits per heavy atom. The van der Waals surface area contributed by atoms with Crippen molar-refractivity contribution in [1.82, 2.24) is 4.90 Å². The molecule has 21 heavy (non-hydrogen) atoms. The number of carbonyl (C=O) groups is 1. The highest BCUT2D eigenvalue weighted by Crippen LogP contribution is 2.34. The maximum atomic E-state index is 12.4. The van der Waals surface area contributed by atoms with E-state index in [1.165, 1.54) is 31.1 Å². The highest BCUT2D eigenvalue weighted by Gasteiger charge is 2.29. The van der Waals surface area contributed by atoms with Crippen molar-refractivity contribution in [1.29, 1.82) is 0 Å². The molecule has 0 saturated heterocycles. The summed E-state index contributed by atoms with van der Waals surface area (Å²) in [7, 11) is 3.03. The second-order valence-electron chi connectivity index (χ2n) is 5.19. The first-order valence-corrected chi connectivity index (χ1v) is 6.58. The molecule has 0 heterocycles. The normalized spacial score (nSPS) is 11.1. The third-order valence-corrected chi connectivity index (χ3v) is 3.66. The minimum atomic E-state index is -0.792. The summed E-state index contributed by atoms with van der Waals surface area (Å²) < 4.78 is 0. The summed E-state index contributed by atoms with van der Waals surface area (Å²) in [5.41, 5.74) is -0.819. The zero-order valence-electron chi connectivity index (χ0n) is 12.3. The van der Waals surface area contributed by atoms with Crippen LogP contribution in [-0.2, 0) is 0 Å². The van der Waals surface area contributed by atoms with Gasteiger partial charge in [0, 0.05) is 25.7 Å². The van der Waals surface area contributed by atoms with Crippen molar-refractivity contribution in [2.45, 2.75) is 19.4 Å². The van der Waals surface area contributed by atoms with Gasteiger partial charge in [0.1, 0.15) is 5.69 Å². The van der Waals surface area contributed by atoms with Crippen LogP contribution >= 0.6 is 11.6 Å². The first-order chi connectivity index (χ1) is 9.65. The second-order valence-corrected chi connectivity index (χ2v) is 5.60. The molecule has 2 N–H and O–H groups in total. The molecule has 0 fully saturated rings. The van der Waals surface area contributed by atoms with Crippen LogP contribution in [-0.4, -0.2) is 47.1 Å². The lowest BCUT2D eigenvalue weighted by molar-refractivity contribution is -0.384. The molecule has 0 atom stereocenters. The highest BCUT2D eigenvalue weighted by molar-refractivity contribution is 6.34. The Balaban J connectivity index is 3.32. The van der Waals surface area contributed by atoms with Gasteiger partial charge in [0.2, 0.25) is 0 Å². The molecule has 0 saturated carbocycles.